The van der Waals surface area contributed by atoms with Crippen LogP contribution in [-0.4, -0.2) is 23.5 Å². The van der Waals surface area contributed by atoms with Crippen molar-refractivity contribution in [2.24, 2.45) is 11.8 Å². The van der Waals surface area contributed by atoms with Crippen LogP contribution < -0.4 is 5.32 Å². The molecule has 1 fully saturated rings. The lowest BCUT2D eigenvalue weighted by molar-refractivity contribution is -0.142. The Labute approximate surface area is 126 Å². The zero-order valence-corrected chi connectivity index (χ0v) is 12.4. The molecule has 1 aliphatic carbocycles. The van der Waals surface area contributed by atoms with Crippen molar-refractivity contribution < 1.29 is 14.7 Å². The molecule has 0 bridgehead atoms. The molecule has 0 radical (unpaired) electrons. The molecule has 5 heteroatoms. The molecule has 21 heavy (non-hydrogen) atoms. The summed E-state index contributed by atoms with van der Waals surface area (Å²) in [6.45, 7) is 0.448. The van der Waals surface area contributed by atoms with Crippen LogP contribution in [0.3, 0.4) is 0 Å². The molecule has 1 saturated carbocycles. The largest absolute Gasteiger partial charge is 0.481 e. The normalized spacial score (nSPS) is 21.5. The molecule has 1 aromatic carbocycles. The van der Waals surface area contributed by atoms with Gasteiger partial charge in [-0.2, -0.15) is 0 Å². The summed E-state index contributed by atoms with van der Waals surface area (Å²) in [5.41, 5.74) is 0. The number of carboxylic acids is 1. The van der Waals surface area contributed by atoms with Gasteiger partial charge in [0.2, 0.25) is 0 Å². The molecule has 4 nitrogen and oxygen atoms in total. The molecular weight excluding hydrogens is 286 g/mol. The Morgan fingerprint density at radius 2 is 2.10 bits per heavy atom. The molecule has 1 amide bonds. The summed E-state index contributed by atoms with van der Waals surface area (Å²) in [6.07, 6.45) is 2.53. The van der Waals surface area contributed by atoms with Crippen molar-refractivity contribution in [3.05, 3.63) is 35.2 Å². The van der Waals surface area contributed by atoms with E-state index in [-0.39, 0.29) is 17.7 Å². The number of carboxylic acid groups (broad SMARTS) is 1. The molecule has 110 valence electrons. The van der Waals surface area contributed by atoms with E-state index in [1.807, 2.05) is 30.3 Å². The van der Waals surface area contributed by atoms with E-state index in [2.05, 4.69) is 5.32 Å². The lowest BCUT2D eigenvalue weighted by Crippen LogP contribution is -2.32. The summed E-state index contributed by atoms with van der Waals surface area (Å²) < 4.78 is 1.09. The molecular formula is C16H17NO3S. The van der Waals surface area contributed by atoms with Crippen molar-refractivity contribution in [2.75, 3.05) is 6.54 Å². The fourth-order valence-corrected chi connectivity index (χ4v) is 3.99. The highest BCUT2D eigenvalue weighted by atomic mass is 32.1. The Bertz CT molecular complexity index is 646. The third-order valence-corrected chi connectivity index (χ3v) is 5.27. The summed E-state index contributed by atoms with van der Waals surface area (Å²) >= 11 is 1.47. The predicted molar refractivity (Wildman–Crippen MR) is 82.6 cm³/mol. The fourth-order valence-electron chi connectivity index (χ4n) is 3.01. The van der Waals surface area contributed by atoms with E-state index in [0.29, 0.717) is 11.4 Å². The van der Waals surface area contributed by atoms with Gasteiger partial charge < -0.3 is 10.4 Å². The second-order valence-electron chi connectivity index (χ2n) is 5.49. The minimum Gasteiger partial charge on any atom is -0.481 e. The van der Waals surface area contributed by atoms with Gasteiger partial charge in [0.25, 0.3) is 5.91 Å². The number of fused-ring (bicyclic) bond motifs is 1. The zero-order chi connectivity index (χ0) is 14.8. The maximum absolute atomic E-state index is 12.2. The first-order valence-corrected chi connectivity index (χ1v) is 7.96. The van der Waals surface area contributed by atoms with Gasteiger partial charge in [-0.15, -0.1) is 11.3 Å². The molecule has 2 atom stereocenters. The number of benzene rings is 1. The highest BCUT2D eigenvalue weighted by molar-refractivity contribution is 7.20. The quantitative estimate of drug-likeness (QED) is 0.912. The minimum absolute atomic E-state index is 0.0563. The van der Waals surface area contributed by atoms with Gasteiger partial charge in [-0.1, -0.05) is 24.6 Å². The van der Waals surface area contributed by atoms with Gasteiger partial charge >= 0.3 is 5.97 Å². The number of thiophene rings is 1. The van der Waals surface area contributed by atoms with Crippen LogP contribution in [0.15, 0.2) is 30.3 Å². The topological polar surface area (TPSA) is 66.4 Å². The number of amides is 1. The number of carbonyl (C=O) groups excluding carboxylic acids is 1. The van der Waals surface area contributed by atoms with Gasteiger partial charge in [0.05, 0.1) is 10.8 Å². The van der Waals surface area contributed by atoms with Crippen LogP contribution in [0.25, 0.3) is 10.1 Å². The Hall–Kier alpha value is -1.88. The summed E-state index contributed by atoms with van der Waals surface area (Å²) in [5, 5.41) is 13.1. The Kier molecular flexibility index (Phi) is 3.92. The molecule has 3 rings (SSSR count). The lowest BCUT2D eigenvalue weighted by Gasteiger charge is -2.15. The maximum atomic E-state index is 12.2. The Balaban J connectivity index is 1.65. The smallest absolute Gasteiger partial charge is 0.306 e. The van der Waals surface area contributed by atoms with Crippen LogP contribution in [0.2, 0.25) is 0 Å². The summed E-state index contributed by atoms with van der Waals surface area (Å²) in [4.78, 5) is 24.0. The van der Waals surface area contributed by atoms with Crippen molar-refractivity contribution in [3.63, 3.8) is 0 Å². The Morgan fingerprint density at radius 1 is 1.29 bits per heavy atom. The van der Waals surface area contributed by atoms with Gasteiger partial charge in [-0.05, 0) is 36.3 Å². The average molecular weight is 303 g/mol. The van der Waals surface area contributed by atoms with Gasteiger partial charge in [0, 0.05) is 11.2 Å². The number of hydrogen-bond acceptors (Lipinski definition) is 3. The molecule has 1 aromatic heterocycles. The highest BCUT2D eigenvalue weighted by Crippen LogP contribution is 2.31. The molecule has 2 aromatic rings. The van der Waals surface area contributed by atoms with Crippen molar-refractivity contribution >= 4 is 33.3 Å². The molecule has 1 heterocycles. The molecule has 0 spiro atoms. The van der Waals surface area contributed by atoms with Crippen LogP contribution in [-0.2, 0) is 4.79 Å². The van der Waals surface area contributed by atoms with Gasteiger partial charge in [-0.3, -0.25) is 9.59 Å². The number of aliphatic carboxylic acids is 1. The zero-order valence-electron chi connectivity index (χ0n) is 11.5. The minimum atomic E-state index is -0.742. The summed E-state index contributed by atoms with van der Waals surface area (Å²) in [6, 6.07) is 9.77. The SMILES string of the molecule is O=C(NCC1CCCC1C(=O)O)c1cc2ccccc2s1. The maximum Gasteiger partial charge on any atom is 0.306 e. The van der Waals surface area contributed by atoms with Crippen molar-refractivity contribution in [1.29, 1.82) is 0 Å². The standard InChI is InChI=1S/C16H17NO3S/c18-15(14-8-10-4-1-2-7-13(10)21-14)17-9-11-5-3-6-12(11)16(19)20/h1-2,4,7-8,11-12H,3,5-6,9H2,(H,17,18)(H,19,20). The second-order valence-corrected chi connectivity index (χ2v) is 6.58. The van der Waals surface area contributed by atoms with Gasteiger partial charge in [0.1, 0.15) is 0 Å². The number of hydrogen-bond donors (Lipinski definition) is 2. The third-order valence-electron chi connectivity index (χ3n) is 4.15. The molecule has 2 N–H and O–H groups in total. The van der Waals surface area contributed by atoms with Crippen LogP contribution >= 0.6 is 11.3 Å². The number of nitrogens with one attached hydrogen (secondary N) is 1. The van der Waals surface area contributed by atoms with Gasteiger partial charge in [-0.25, -0.2) is 0 Å². The van der Waals surface area contributed by atoms with Crippen LogP contribution in [0.5, 0.6) is 0 Å². The first-order chi connectivity index (χ1) is 10.1. The van der Waals surface area contributed by atoms with Crippen LogP contribution in [0, 0.1) is 11.8 Å². The van der Waals surface area contributed by atoms with E-state index in [1.165, 1.54) is 11.3 Å². The first-order valence-electron chi connectivity index (χ1n) is 7.15. The van der Waals surface area contributed by atoms with Gasteiger partial charge in [0.15, 0.2) is 0 Å². The average Bonchev–Trinajstić information content (AvgIpc) is 3.10. The van der Waals surface area contributed by atoms with Crippen molar-refractivity contribution in [1.82, 2.24) is 5.32 Å². The van der Waals surface area contributed by atoms with Crippen molar-refractivity contribution in [2.45, 2.75) is 19.3 Å². The predicted octanol–water partition coefficient (Wildman–Crippen LogP) is 3.13. The molecule has 1 aliphatic rings. The number of rotatable bonds is 4. The van der Waals surface area contributed by atoms with E-state index in [4.69, 9.17) is 5.11 Å². The van der Waals surface area contributed by atoms with E-state index in [0.717, 1.165) is 29.3 Å². The fraction of sp³-hybridized carbons (Fsp3) is 0.375. The number of carbonyl (C=O) groups is 2. The first kappa shape index (κ1) is 14.1. The van der Waals surface area contributed by atoms with E-state index >= 15 is 0 Å². The Morgan fingerprint density at radius 3 is 2.86 bits per heavy atom. The van der Waals surface area contributed by atoms with E-state index in [1.54, 1.807) is 0 Å². The molecule has 0 saturated heterocycles. The summed E-state index contributed by atoms with van der Waals surface area (Å²) in [5.74, 6) is -1.10. The van der Waals surface area contributed by atoms with Crippen LogP contribution in [0.1, 0.15) is 28.9 Å². The molecule has 2 unspecified atom stereocenters. The van der Waals surface area contributed by atoms with E-state index in [9.17, 15) is 9.59 Å². The highest BCUT2D eigenvalue weighted by Gasteiger charge is 2.32. The lowest BCUT2D eigenvalue weighted by atomic mass is 9.96. The van der Waals surface area contributed by atoms with Crippen LogP contribution in [0.4, 0.5) is 0 Å². The second kappa shape index (κ2) is 5.85. The van der Waals surface area contributed by atoms with Crippen molar-refractivity contribution in [3.8, 4) is 0 Å². The molecule has 0 aliphatic heterocycles. The summed E-state index contributed by atoms with van der Waals surface area (Å²) in [7, 11) is 0. The monoisotopic (exact) mass is 303 g/mol. The van der Waals surface area contributed by atoms with E-state index < -0.39 is 5.97 Å². The third kappa shape index (κ3) is 2.93.